The highest BCUT2D eigenvalue weighted by Gasteiger charge is 2.25. The second kappa shape index (κ2) is 10.4. The molecule has 0 radical (unpaired) electrons. The number of nitrogens with one attached hydrogen (secondary N) is 1. The molecule has 1 aliphatic heterocycles. The maximum atomic E-state index is 6.27. The Hall–Kier alpha value is -1.58. The number of benzene rings is 1. The number of hydrogen-bond donors (Lipinski definition) is 2. The van der Waals surface area contributed by atoms with Crippen molar-refractivity contribution in [3.8, 4) is 0 Å². The van der Waals surface area contributed by atoms with Crippen molar-refractivity contribution in [3.63, 3.8) is 0 Å². The Balaban J connectivity index is 0.00000240. The van der Waals surface area contributed by atoms with Crippen molar-refractivity contribution < 1.29 is 9.15 Å². The normalized spacial score (nSPS) is 18.6. The van der Waals surface area contributed by atoms with Crippen LogP contribution >= 0.6 is 24.0 Å². The van der Waals surface area contributed by atoms with E-state index in [1.165, 1.54) is 24.0 Å². The number of aryl methyl sites for hydroxylation is 2. The molecule has 1 atom stereocenters. The first-order chi connectivity index (χ1) is 13.7. The predicted molar refractivity (Wildman–Crippen MR) is 127 cm³/mol. The van der Waals surface area contributed by atoms with Crippen molar-refractivity contribution in [3.05, 3.63) is 53.0 Å². The summed E-state index contributed by atoms with van der Waals surface area (Å²) in [4.78, 5) is 7.03. The second-order valence-electron chi connectivity index (χ2n) is 7.61. The number of aliphatic imine (C=N–C) groups is 1. The van der Waals surface area contributed by atoms with Gasteiger partial charge < -0.3 is 20.2 Å². The van der Waals surface area contributed by atoms with Crippen LogP contribution in [0.2, 0.25) is 0 Å². The average molecular weight is 510 g/mol. The lowest BCUT2D eigenvalue weighted by Gasteiger charge is -2.32. The van der Waals surface area contributed by atoms with Crippen molar-refractivity contribution >= 4 is 35.6 Å². The Kier molecular flexibility index (Phi) is 7.97. The Bertz CT molecular complexity index is 830. The Morgan fingerprint density at radius 2 is 1.97 bits per heavy atom. The van der Waals surface area contributed by atoms with E-state index in [1.54, 1.807) is 0 Å². The van der Waals surface area contributed by atoms with Gasteiger partial charge in [-0.05, 0) is 61.9 Å². The second-order valence-corrected chi connectivity index (χ2v) is 7.61. The molecule has 1 aromatic carbocycles. The molecule has 1 fully saturated rings. The number of guanidine groups is 1. The molecule has 29 heavy (non-hydrogen) atoms. The fourth-order valence-electron chi connectivity index (χ4n) is 4.17. The van der Waals surface area contributed by atoms with Gasteiger partial charge >= 0.3 is 0 Å². The van der Waals surface area contributed by atoms with Crippen LogP contribution in [-0.2, 0) is 17.6 Å². The molecule has 4 rings (SSSR count). The molecule has 0 saturated carbocycles. The summed E-state index contributed by atoms with van der Waals surface area (Å²) >= 11 is 0. The highest BCUT2D eigenvalue weighted by molar-refractivity contribution is 14.0. The topological polar surface area (TPSA) is 76.0 Å². The fraction of sp³-hybridized carbons (Fsp3) is 0.500. The molecule has 3 N–H and O–H groups in total. The standard InChI is InChI=1S/C22H30N4O2.HI/c1-16-9-10-21(28-16)20(26-11-13-27-14-12-26)15-24-22(23)25-19-8-4-6-17-5-2-3-7-18(17)19;/h4,6,8-10,20H,2-3,5,7,11-15H2,1H3,(H3,23,24,25);1H. The van der Waals surface area contributed by atoms with Gasteiger partial charge in [0.2, 0.25) is 0 Å². The van der Waals surface area contributed by atoms with Crippen molar-refractivity contribution in [1.82, 2.24) is 4.90 Å². The van der Waals surface area contributed by atoms with Crippen LogP contribution in [0.4, 0.5) is 5.69 Å². The van der Waals surface area contributed by atoms with Crippen LogP contribution in [-0.4, -0.2) is 43.7 Å². The quantitative estimate of drug-likeness (QED) is 0.363. The monoisotopic (exact) mass is 510 g/mol. The van der Waals surface area contributed by atoms with Crippen LogP contribution in [0.25, 0.3) is 0 Å². The molecular weight excluding hydrogens is 479 g/mol. The number of furan rings is 1. The van der Waals surface area contributed by atoms with Crippen LogP contribution in [0.15, 0.2) is 39.7 Å². The third-order valence-electron chi connectivity index (χ3n) is 5.67. The summed E-state index contributed by atoms with van der Waals surface area (Å²) in [5.74, 6) is 2.31. The van der Waals surface area contributed by atoms with Crippen LogP contribution < -0.4 is 11.1 Å². The van der Waals surface area contributed by atoms with E-state index >= 15 is 0 Å². The van der Waals surface area contributed by atoms with E-state index in [0.717, 1.165) is 56.4 Å². The lowest BCUT2D eigenvalue weighted by Crippen LogP contribution is -2.40. The Morgan fingerprint density at radius 3 is 2.72 bits per heavy atom. The number of rotatable bonds is 5. The number of morpholine rings is 1. The summed E-state index contributed by atoms with van der Waals surface area (Å²) in [5.41, 5.74) is 10.2. The van der Waals surface area contributed by atoms with E-state index in [1.807, 2.05) is 19.1 Å². The van der Waals surface area contributed by atoms with Gasteiger partial charge in [-0.2, -0.15) is 0 Å². The molecule has 2 aromatic rings. The maximum Gasteiger partial charge on any atom is 0.193 e. The molecule has 1 aromatic heterocycles. The molecule has 6 nitrogen and oxygen atoms in total. The van der Waals surface area contributed by atoms with Crippen molar-refractivity contribution in [2.45, 2.75) is 38.6 Å². The molecule has 1 unspecified atom stereocenters. The summed E-state index contributed by atoms with van der Waals surface area (Å²) in [7, 11) is 0. The zero-order chi connectivity index (χ0) is 19.3. The Morgan fingerprint density at radius 1 is 1.17 bits per heavy atom. The van der Waals surface area contributed by atoms with Crippen molar-refractivity contribution in [2.75, 3.05) is 38.2 Å². The maximum absolute atomic E-state index is 6.27. The molecule has 0 amide bonds. The largest absolute Gasteiger partial charge is 0.465 e. The molecule has 2 aliphatic rings. The number of hydrogen-bond acceptors (Lipinski definition) is 4. The number of halogens is 1. The van der Waals surface area contributed by atoms with E-state index < -0.39 is 0 Å². The summed E-state index contributed by atoms with van der Waals surface area (Å²) in [6.07, 6.45) is 4.76. The zero-order valence-electron chi connectivity index (χ0n) is 17.0. The van der Waals surface area contributed by atoms with Crippen molar-refractivity contribution in [1.29, 1.82) is 0 Å². The molecular formula is C22H31IN4O2. The lowest BCUT2D eigenvalue weighted by atomic mass is 9.90. The van der Waals surface area contributed by atoms with Gasteiger partial charge in [-0.1, -0.05) is 12.1 Å². The minimum absolute atomic E-state index is 0. The third kappa shape index (κ3) is 5.52. The highest BCUT2D eigenvalue weighted by atomic mass is 127. The van der Waals surface area contributed by atoms with Gasteiger partial charge in [0.15, 0.2) is 5.96 Å². The fourth-order valence-corrected chi connectivity index (χ4v) is 4.17. The van der Waals surface area contributed by atoms with Gasteiger partial charge in [0.1, 0.15) is 11.5 Å². The van der Waals surface area contributed by atoms with E-state index in [2.05, 4.69) is 33.4 Å². The van der Waals surface area contributed by atoms with Gasteiger partial charge in [-0.25, -0.2) is 0 Å². The number of anilines is 1. The molecule has 1 saturated heterocycles. The average Bonchev–Trinajstić information content (AvgIpc) is 3.15. The number of ether oxygens (including phenoxy) is 1. The van der Waals surface area contributed by atoms with E-state index in [0.29, 0.717) is 12.5 Å². The summed E-state index contributed by atoms with van der Waals surface area (Å²) in [5, 5.41) is 3.34. The van der Waals surface area contributed by atoms with Gasteiger partial charge in [-0.15, -0.1) is 24.0 Å². The van der Waals surface area contributed by atoms with Gasteiger partial charge in [0.25, 0.3) is 0 Å². The first kappa shape index (κ1) is 22.1. The van der Waals surface area contributed by atoms with Gasteiger partial charge in [0, 0.05) is 18.8 Å². The van der Waals surface area contributed by atoms with Crippen LogP contribution in [0.5, 0.6) is 0 Å². The first-order valence-corrected chi connectivity index (χ1v) is 10.3. The lowest BCUT2D eigenvalue weighted by molar-refractivity contribution is 0.0135. The molecule has 2 heterocycles. The molecule has 0 spiro atoms. The summed E-state index contributed by atoms with van der Waals surface area (Å²) < 4.78 is 11.4. The SMILES string of the molecule is Cc1ccc(C(CN=C(N)Nc2cccc3c2CCCC3)N2CCOCC2)o1.I. The first-order valence-electron chi connectivity index (χ1n) is 10.3. The Labute approximate surface area is 189 Å². The molecule has 1 aliphatic carbocycles. The summed E-state index contributed by atoms with van der Waals surface area (Å²) in [6, 6.07) is 10.5. The van der Waals surface area contributed by atoms with Crippen LogP contribution in [0.1, 0.15) is 41.5 Å². The smallest absolute Gasteiger partial charge is 0.193 e. The number of nitrogens with two attached hydrogens (primary N) is 1. The van der Waals surface area contributed by atoms with Crippen LogP contribution in [0, 0.1) is 6.92 Å². The molecule has 158 valence electrons. The van der Waals surface area contributed by atoms with Gasteiger partial charge in [0.05, 0.1) is 25.8 Å². The van der Waals surface area contributed by atoms with E-state index in [-0.39, 0.29) is 30.0 Å². The summed E-state index contributed by atoms with van der Waals surface area (Å²) in [6.45, 7) is 5.75. The number of nitrogens with zero attached hydrogens (tertiary/aromatic N) is 2. The van der Waals surface area contributed by atoms with Gasteiger partial charge in [-0.3, -0.25) is 9.89 Å². The van der Waals surface area contributed by atoms with E-state index in [4.69, 9.17) is 14.9 Å². The number of fused-ring (bicyclic) bond motifs is 1. The predicted octanol–water partition coefficient (Wildman–Crippen LogP) is 3.88. The van der Waals surface area contributed by atoms with E-state index in [9.17, 15) is 0 Å². The van der Waals surface area contributed by atoms with Crippen molar-refractivity contribution in [2.24, 2.45) is 10.7 Å². The van der Waals surface area contributed by atoms with Crippen LogP contribution in [0.3, 0.4) is 0 Å². The third-order valence-corrected chi connectivity index (χ3v) is 5.67. The minimum Gasteiger partial charge on any atom is -0.465 e. The molecule has 0 bridgehead atoms. The minimum atomic E-state index is 0. The molecule has 7 heteroatoms. The zero-order valence-corrected chi connectivity index (χ0v) is 19.4. The highest BCUT2D eigenvalue weighted by Crippen LogP contribution is 2.28.